The average molecular weight is 431 g/mol. The normalized spacial score (nSPS) is 13.6. The Morgan fingerprint density at radius 3 is 2.69 bits per heavy atom. The first-order chi connectivity index (χ1) is 14.0. The molecule has 2 heterocycles. The number of hydrogen-bond acceptors (Lipinski definition) is 5. The van der Waals surface area contributed by atoms with Crippen molar-refractivity contribution in [3.63, 3.8) is 0 Å². The number of carbonyl (C=O) groups excluding carboxylic acids is 1. The predicted molar refractivity (Wildman–Crippen MR) is 114 cm³/mol. The minimum atomic E-state index is 0.0260. The topological polar surface area (TPSA) is 64.2 Å². The van der Waals surface area contributed by atoms with Gasteiger partial charge in [0.2, 0.25) is 5.91 Å². The Morgan fingerprint density at radius 1 is 1.24 bits per heavy atom. The number of amides is 1. The van der Waals surface area contributed by atoms with Gasteiger partial charge in [0, 0.05) is 30.1 Å². The fraction of sp³-hybridized carbons (Fsp3) is 0.381. The molecule has 8 heteroatoms. The number of nitrogens with zero attached hydrogens (tertiary/aromatic N) is 4. The van der Waals surface area contributed by atoms with E-state index in [0.29, 0.717) is 23.2 Å². The molecule has 6 nitrogen and oxygen atoms in total. The van der Waals surface area contributed by atoms with E-state index in [1.54, 1.807) is 11.9 Å². The fourth-order valence-corrected chi connectivity index (χ4v) is 4.21. The van der Waals surface area contributed by atoms with E-state index >= 15 is 0 Å². The summed E-state index contributed by atoms with van der Waals surface area (Å²) >= 11 is 7.38. The second kappa shape index (κ2) is 8.63. The lowest BCUT2D eigenvalue weighted by Crippen LogP contribution is -2.27. The van der Waals surface area contributed by atoms with Gasteiger partial charge in [0.05, 0.1) is 12.3 Å². The molecule has 0 atom stereocenters. The zero-order valence-corrected chi connectivity index (χ0v) is 18.0. The van der Waals surface area contributed by atoms with Crippen LogP contribution in [0.15, 0.2) is 46.0 Å². The molecule has 1 fully saturated rings. The number of hydrogen-bond donors (Lipinski definition) is 0. The lowest BCUT2D eigenvalue weighted by atomic mass is 10.2. The Morgan fingerprint density at radius 2 is 2.00 bits per heavy atom. The molecule has 0 radical (unpaired) electrons. The molecule has 152 valence electrons. The van der Waals surface area contributed by atoms with Crippen LogP contribution in [0.3, 0.4) is 0 Å². The van der Waals surface area contributed by atoms with Crippen LogP contribution in [0.5, 0.6) is 0 Å². The first-order valence-electron chi connectivity index (χ1n) is 9.69. The smallest absolute Gasteiger partial charge is 0.233 e. The van der Waals surface area contributed by atoms with Gasteiger partial charge in [-0.05, 0) is 56.2 Å². The maximum atomic E-state index is 12.6. The van der Waals surface area contributed by atoms with Crippen molar-refractivity contribution in [1.29, 1.82) is 0 Å². The van der Waals surface area contributed by atoms with Crippen molar-refractivity contribution in [3.8, 4) is 11.3 Å². The molecule has 1 aliphatic rings. The van der Waals surface area contributed by atoms with E-state index < -0.39 is 0 Å². The summed E-state index contributed by atoms with van der Waals surface area (Å²) in [6, 6.07) is 11.3. The molecule has 1 amide bonds. The quantitative estimate of drug-likeness (QED) is 0.478. The van der Waals surface area contributed by atoms with Crippen LogP contribution in [0.2, 0.25) is 5.02 Å². The van der Waals surface area contributed by atoms with Crippen molar-refractivity contribution in [1.82, 2.24) is 19.7 Å². The highest BCUT2D eigenvalue weighted by Crippen LogP contribution is 2.40. The maximum absolute atomic E-state index is 12.6. The van der Waals surface area contributed by atoms with Crippen LogP contribution in [-0.2, 0) is 17.9 Å². The molecule has 1 saturated carbocycles. The van der Waals surface area contributed by atoms with Crippen LogP contribution in [-0.4, -0.2) is 38.4 Å². The van der Waals surface area contributed by atoms with Crippen LogP contribution in [0, 0.1) is 0 Å². The number of rotatable bonds is 8. The zero-order chi connectivity index (χ0) is 20.4. The molecule has 1 aliphatic carbocycles. The van der Waals surface area contributed by atoms with Crippen molar-refractivity contribution >= 4 is 29.3 Å². The van der Waals surface area contributed by atoms with Gasteiger partial charge in [0.25, 0.3) is 0 Å². The number of carbonyl (C=O) groups is 1. The molecule has 0 aliphatic heterocycles. The first-order valence-corrected chi connectivity index (χ1v) is 11.1. The Balaban J connectivity index is 1.33. The van der Waals surface area contributed by atoms with E-state index in [1.807, 2.05) is 36.4 Å². The first kappa shape index (κ1) is 20.0. The lowest BCUT2D eigenvalue weighted by molar-refractivity contribution is -0.127. The van der Waals surface area contributed by atoms with E-state index in [-0.39, 0.29) is 5.91 Å². The maximum Gasteiger partial charge on any atom is 0.233 e. The Hall–Kier alpha value is -2.25. The van der Waals surface area contributed by atoms with Crippen molar-refractivity contribution < 1.29 is 9.21 Å². The van der Waals surface area contributed by atoms with Gasteiger partial charge in [0.1, 0.15) is 17.3 Å². The monoisotopic (exact) mass is 430 g/mol. The van der Waals surface area contributed by atoms with Crippen LogP contribution in [0.4, 0.5) is 0 Å². The van der Waals surface area contributed by atoms with Crippen molar-refractivity contribution in [3.05, 3.63) is 53.0 Å². The van der Waals surface area contributed by atoms with E-state index in [1.165, 1.54) is 24.6 Å². The summed E-state index contributed by atoms with van der Waals surface area (Å²) in [5.74, 6) is 3.45. The molecular weight excluding hydrogens is 408 g/mol. The summed E-state index contributed by atoms with van der Waals surface area (Å²) in [4.78, 5) is 14.3. The SMILES string of the molecule is CCn1c(SCC(=O)N(C)Cc2ccc(-c3ccc(Cl)cc3)o2)nnc1C1CC1. The second-order valence-corrected chi connectivity index (χ2v) is 8.55. The molecular formula is C21H23ClN4O2S. The third-order valence-corrected chi connectivity index (χ3v) is 6.14. The number of thioether (sulfide) groups is 1. The van der Waals surface area contributed by atoms with Gasteiger partial charge in [-0.3, -0.25) is 4.79 Å². The number of aromatic nitrogens is 3. The summed E-state index contributed by atoms with van der Waals surface area (Å²) in [7, 11) is 1.79. The minimum Gasteiger partial charge on any atom is -0.459 e. The third-order valence-electron chi connectivity index (χ3n) is 4.94. The van der Waals surface area contributed by atoms with Crippen LogP contribution >= 0.6 is 23.4 Å². The predicted octanol–water partition coefficient (Wildman–Crippen LogP) is 4.84. The Bertz CT molecular complexity index is 995. The molecule has 1 aromatic carbocycles. The summed E-state index contributed by atoms with van der Waals surface area (Å²) in [6.45, 7) is 3.33. The van der Waals surface area contributed by atoms with Gasteiger partial charge in [-0.1, -0.05) is 23.4 Å². The van der Waals surface area contributed by atoms with E-state index in [0.717, 1.165) is 34.6 Å². The summed E-state index contributed by atoms with van der Waals surface area (Å²) in [6.07, 6.45) is 2.37. The lowest BCUT2D eigenvalue weighted by Gasteiger charge is -2.15. The van der Waals surface area contributed by atoms with Crippen molar-refractivity contribution in [2.45, 2.75) is 43.9 Å². The van der Waals surface area contributed by atoms with Gasteiger partial charge >= 0.3 is 0 Å². The van der Waals surface area contributed by atoms with Crippen molar-refractivity contribution in [2.75, 3.05) is 12.8 Å². The largest absolute Gasteiger partial charge is 0.459 e. The summed E-state index contributed by atoms with van der Waals surface area (Å²) in [5, 5.41) is 10.1. The third kappa shape index (κ3) is 4.67. The fourth-order valence-electron chi connectivity index (χ4n) is 3.14. The highest BCUT2D eigenvalue weighted by atomic mass is 35.5. The Labute approximate surface area is 179 Å². The van der Waals surface area contributed by atoms with Crippen LogP contribution in [0.1, 0.15) is 37.3 Å². The molecule has 4 rings (SSSR count). The second-order valence-electron chi connectivity index (χ2n) is 7.17. The molecule has 29 heavy (non-hydrogen) atoms. The molecule has 3 aromatic rings. The zero-order valence-electron chi connectivity index (χ0n) is 16.5. The Kier molecular flexibility index (Phi) is 5.96. The highest BCUT2D eigenvalue weighted by molar-refractivity contribution is 7.99. The molecule has 2 aromatic heterocycles. The van der Waals surface area contributed by atoms with Gasteiger partial charge in [0.15, 0.2) is 5.16 Å². The molecule has 0 N–H and O–H groups in total. The number of furan rings is 1. The average Bonchev–Trinajstić information content (AvgIpc) is 3.32. The molecule has 0 spiro atoms. The van der Waals surface area contributed by atoms with Gasteiger partial charge in [-0.2, -0.15) is 0 Å². The number of benzene rings is 1. The number of halogens is 1. The molecule has 0 unspecified atom stereocenters. The van der Waals surface area contributed by atoms with Crippen LogP contribution in [0.25, 0.3) is 11.3 Å². The minimum absolute atomic E-state index is 0.0260. The summed E-state index contributed by atoms with van der Waals surface area (Å²) < 4.78 is 8.02. The van der Waals surface area contributed by atoms with E-state index in [2.05, 4.69) is 21.7 Å². The van der Waals surface area contributed by atoms with E-state index in [4.69, 9.17) is 16.0 Å². The highest BCUT2D eigenvalue weighted by Gasteiger charge is 2.30. The summed E-state index contributed by atoms with van der Waals surface area (Å²) in [5.41, 5.74) is 0.954. The van der Waals surface area contributed by atoms with Gasteiger partial charge < -0.3 is 13.9 Å². The molecule has 0 saturated heterocycles. The molecule has 0 bridgehead atoms. The van der Waals surface area contributed by atoms with Crippen LogP contribution < -0.4 is 0 Å². The van der Waals surface area contributed by atoms with Gasteiger partial charge in [-0.15, -0.1) is 10.2 Å². The van der Waals surface area contributed by atoms with Crippen molar-refractivity contribution in [2.24, 2.45) is 0 Å². The standard InChI is InChI=1S/C21H23ClN4O2S/c1-3-26-20(15-4-5-15)23-24-21(26)29-13-19(27)25(2)12-17-10-11-18(28-17)14-6-8-16(22)9-7-14/h6-11,15H,3-5,12-13H2,1-2H3. The van der Waals surface area contributed by atoms with Gasteiger partial charge in [-0.25, -0.2) is 0 Å². The van der Waals surface area contributed by atoms with E-state index in [9.17, 15) is 4.79 Å².